The lowest BCUT2D eigenvalue weighted by Crippen LogP contribution is -2.47. The van der Waals surface area contributed by atoms with E-state index < -0.39 is 0 Å². The minimum absolute atomic E-state index is 0.0521. The largest absolute Gasteiger partial charge is 0.493 e. The van der Waals surface area contributed by atoms with Crippen molar-refractivity contribution in [3.8, 4) is 11.5 Å². The Morgan fingerprint density at radius 3 is 2.41 bits per heavy atom. The van der Waals surface area contributed by atoms with Crippen LogP contribution in [0.2, 0.25) is 0 Å². The molecule has 0 spiro atoms. The maximum absolute atomic E-state index is 13.9. The predicted molar refractivity (Wildman–Crippen MR) is 155 cm³/mol. The van der Waals surface area contributed by atoms with Gasteiger partial charge in [0, 0.05) is 44.5 Å². The van der Waals surface area contributed by atoms with E-state index in [2.05, 4.69) is 70.2 Å². The first kappa shape index (κ1) is 27.3. The first-order valence-corrected chi connectivity index (χ1v) is 14.2. The van der Waals surface area contributed by atoms with Crippen molar-refractivity contribution in [3.63, 3.8) is 0 Å². The molecule has 7 nitrogen and oxygen atoms in total. The van der Waals surface area contributed by atoms with Crippen molar-refractivity contribution < 1.29 is 14.3 Å². The normalized spacial score (nSPS) is 21.2. The van der Waals surface area contributed by atoms with Crippen molar-refractivity contribution in [2.24, 2.45) is 11.7 Å². The lowest BCUT2D eigenvalue weighted by atomic mass is 9.91. The van der Waals surface area contributed by atoms with Crippen LogP contribution in [-0.2, 0) is 4.79 Å². The number of hydrogen-bond donors (Lipinski definition) is 1. The summed E-state index contributed by atoms with van der Waals surface area (Å²) >= 11 is 0. The van der Waals surface area contributed by atoms with Crippen LogP contribution in [0.3, 0.4) is 0 Å². The smallest absolute Gasteiger partial charge is 0.231 e. The molecule has 2 N–H and O–H groups in total. The number of fused-ring (bicyclic) bond motifs is 1. The third kappa shape index (κ3) is 5.56. The Kier molecular flexibility index (Phi) is 8.58. The van der Waals surface area contributed by atoms with Crippen molar-refractivity contribution in [3.05, 3.63) is 83.1 Å². The lowest BCUT2D eigenvalue weighted by Gasteiger charge is -2.41. The van der Waals surface area contributed by atoms with Crippen LogP contribution in [0.25, 0.3) is 0 Å². The highest BCUT2D eigenvalue weighted by atomic mass is 16.5. The second-order valence-corrected chi connectivity index (χ2v) is 10.7. The second-order valence-electron chi connectivity index (χ2n) is 10.7. The zero-order chi connectivity index (χ0) is 27.4. The molecule has 3 atom stereocenters. The summed E-state index contributed by atoms with van der Waals surface area (Å²) in [6.07, 6.45) is 6.88. The molecule has 0 saturated carbocycles. The highest BCUT2D eigenvalue weighted by Gasteiger charge is 2.42. The Morgan fingerprint density at radius 1 is 0.974 bits per heavy atom. The topological polar surface area (TPSA) is 71.3 Å². The zero-order valence-electron chi connectivity index (χ0n) is 23.5. The Morgan fingerprint density at radius 2 is 1.72 bits per heavy atom. The molecular formula is C32H42N4O3. The summed E-state index contributed by atoms with van der Waals surface area (Å²) in [5, 5.41) is 0. The quantitative estimate of drug-likeness (QED) is 0.487. The summed E-state index contributed by atoms with van der Waals surface area (Å²) in [7, 11) is 3.29. The fraction of sp³-hybridized carbons (Fsp3) is 0.469. The summed E-state index contributed by atoms with van der Waals surface area (Å²) in [6, 6.07) is 17.1. The van der Waals surface area contributed by atoms with Gasteiger partial charge < -0.3 is 25.0 Å². The Balaban J connectivity index is 1.35. The van der Waals surface area contributed by atoms with Crippen molar-refractivity contribution in [1.29, 1.82) is 0 Å². The minimum atomic E-state index is -0.0770. The minimum Gasteiger partial charge on any atom is -0.493 e. The van der Waals surface area contributed by atoms with E-state index in [4.69, 9.17) is 15.2 Å². The number of benzene rings is 2. The number of ether oxygens (including phenoxy) is 2. The molecule has 1 amide bonds. The molecular weight excluding hydrogens is 488 g/mol. The zero-order valence-corrected chi connectivity index (χ0v) is 23.5. The van der Waals surface area contributed by atoms with Gasteiger partial charge in [0.05, 0.1) is 26.2 Å². The van der Waals surface area contributed by atoms with Crippen LogP contribution in [-0.4, -0.2) is 74.1 Å². The molecule has 3 aliphatic rings. The number of likely N-dealkylation sites (tertiary alicyclic amines) is 1. The predicted octanol–water partition coefficient (Wildman–Crippen LogP) is 4.54. The average molecular weight is 531 g/mol. The average Bonchev–Trinajstić information content (AvgIpc) is 3.33. The van der Waals surface area contributed by atoms with Gasteiger partial charge in [0.15, 0.2) is 11.5 Å². The number of piperazine rings is 1. The van der Waals surface area contributed by atoms with Crippen LogP contribution >= 0.6 is 0 Å². The van der Waals surface area contributed by atoms with Gasteiger partial charge in [0.1, 0.15) is 0 Å². The van der Waals surface area contributed by atoms with E-state index in [0.717, 1.165) is 51.0 Å². The molecule has 2 heterocycles. The van der Waals surface area contributed by atoms with Crippen molar-refractivity contribution in [2.45, 2.75) is 38.3 Å². The number of carbonyl (C=O) groups excluding carboxylic acids is 1. The van der Waals surface area contributed by atoms with Crippen LogP contribution in [0.4, 0.5) is 0 Å². The van der Waals surface area contributed by atoms with Gasteiger partial charge in [-0.1, -0.05) is 42.5 Å². The monoisotopic (exact) mass is 530 g/mol. The molecule has 0 radical (unpaired) electrons. The molecule has 1 aliphatic carbocycles. The maximum atomic E-state index is 13.9. The van der Waals surface area contributed by atoms with Gasteiger partial charge in [0.2, 0.25) is 5.91 Å². The molecule has 2 fully saturated rings. The summed E-state index contributed by atoms with van der Waals surface area (Å²) < 4.78 is 11.0. The fourth-order valence-corrected chi connectivity index (χ4v) is 6.38. The van der Waals surface area contributed by atoms with Crippen LogP contribution in [0.5, 0.6) is 11.5 Å². The van der Waals surface area contributed by atoms with E-state index in [0.29, 0.717) is 30.6 Å². The summed E-state index contributed by atoms with van der Waals surface area (Å²) in [5.74, 6) is 1.52. The molecule has 2 aliphatic heterocycles. The Bertz CT molecular complexity index is 1200. The molecule has 2 aromatic rings. The number of nitrogens with zero attached hydrogens (tertiary/aromatic N) is 3. The third-order valence-electron chi connectivity index (χ3n) is 8.65. The first-order chi connectivity index (χ1) is 19.0. The van der Waals surface area contributed by atoms with Crippen molar-refractivity contribution in [1.82, 2.24) is 14.7 Å². The van der Waals surface area contributed by atoms with Gasteiger partial charge in [-0.25, -0.2) is 0 Å². The van der Waals surface area contributed by atoms with E-state index >= 15 is 0 Å². The van der Waals surface area contributed by atoms with E-state index in [-0.39, 0.29) is 17.9 Å². The van der Waals surface area contributed by atoms with E-state index in [1.165, 1.54) is 16.8 Å². The SMILES string of the molecule is COc1ccc([C@@H](CCCN)N2CC3=C(N4CCN([C@H](C)c5ccccc5)CC4)C=CCC3C2=O)cc1OC. The van der Waals surface area contributed by atoms with Gasteiger partial charge >= 0.3 is 0 Å². The van der Waals surface area contributed by atoms with Crippen LogP contribution < -0.4 is 15.2 Å². The fourth-order valence-electron chi connectivity index (χ4n) is 6.38. The van der Waals surface area contributed by atoms with E-state index in [1.54, 1.807) is 14.2 Å². The lowest BCUT2D eigenvalue weighted by molar-refractivity contribution is -0.133. The highest BCUT2D eigenvalue weighted by molar-refractivity contribution is 5.87. The number of carbonyl (C=O) groups is 1. The van der Waals surface area contributed by atoms with Gasteiger partial charge in [-0.2, -0.15) is 0 Å². The van der Waals surface area contributed by atoms with Crippen LogP contribution in [0, 0.1) is 5.92 Å². The molecule has 208 valence electrons. The van der Waals surface area contributed by atoms with Gasteiger partial charge in [-0.15, -0.1) is 0 Å². The molecule has 2 aromatic carbocycles. The molecule has 1 unspecified atom stereocenters. The third-order valence-corrected chi connectivity index (χ3v) is 8.65. The van der Waals surface area contributed by atoms with Gasteiger partial charge in [-0.3, -0.25) is 9.69 Å². The van der Waals surface area contributed by atoms with Crippen molar-refractivity contribution in [2.75, 3.05) is 53.5 Å². The second kappa shape index (κ2) is 12.3. The maximum Gasteiger partial charge on any atom is 0.231 e. The van der Waals surface area contributed by atoms with E-state index in [1.807, 2.05) is 12.1 Å². The number of amides is 1. The summed E-state index contributed by atoms with van der Waals surface area (Å²) in [4.78, 5) is 21.0. The Hall–Kier alpha value is -3.29. The van der Waals surface area contributed by atoms with Crippen LogP contribution in [0.15, 0.2) is 72.0 Å². The molecule has 7 heteroatoms. The Labute approximate surface area is 232 Å². The van der Waals surface area contributed by atoms with Gasteiger partial charge in [0.25, 0.3) is 0 Å². The number of rotatable bonds is 10. The summed E-state index contributed by atoms with van der Waals surface area (Å²) in [6.45, 7) is 7.50. The molecule has 2 saturated heterocycles. The summed E-state index contributed by atoms with van der Waals surface area (Å²) in [5.41, 5.74) is 10.9. The van der Waals surface area contributed by atoms with Gasteiger partial charge in [-0.05, 0) is 67.6 Å². The molecule has 0 bridgehead atoms. The standard InChI is InChI=1S/C32H42N4O3/c1-23(24-9-5-4-6-10-24)34-17-19-35(20-18-34)29-12-7-11-26-27(29)22-36(32(26)37)28(13-8-16-33)25-14-15-30(38-2)31(21-25)39-3/h4-7,9-10,12,14-15,21,23,26,28H,8,11,13,16-20,22,33H2,1-3H3/t23-,26?,28-/m1/s1. The number of allylic oxidation sites excluding steroid dienone is 2. The first-order valence-electron chi connectivity index (χ1n) is 14.2. The number of methoxy groups -OCH3 is 2. The highest BCUT2D eigenvalue weighted by Crippen LogP contribution is 2.42. The molecule has 0 aromatic heterocycles. The number of hydrogen-bond acceptors (Lipinski definition) is 6. The molecule has 39 heavy (non-hydrogen) atoms. The van der Waals surface area contributed by atoms with E-state index in [9.17, 15) is 4.79 Å². The van der Waals surface area contributed by atoms with Crippen LogP contribution in [0.1, 0.15) is 49.4 Å². The molecule has 5 rings (SSSR count). The number of nitrogens with two attached hydrogens (primary N) is 1. The van der Waals surface area contributed by atoms with Crippen molar-refractivity contribution >= 4 is 5.91 Å².